The maximum Gasteiger partial charge on any atom is 0.416 e. The van der Waals surface area contributed by atoms with Gasteiger partial charge in [-0.15, -0.1) is 0 Å². The van der Waals surface area contributed by atoms with Crippen LogP contribution in [-0.2, 0) is 16.2 Å². The van der Waals surface area contributed by atoms with Gasteiger partial charge in [-0.3, -0.25) is 4.72 Å². The summed E-state index contributed by atoms with van der Waals surface area (Å²) in [5, 5.41) is 11.1. The number of rotatable bonds is 6. The van der Waals surface area contributed by atoms with Crippen molar-refractivity contribution in [2.75, 3.05) is 11.8 Å². The first-order chi connectivity index (χ1) is 16.4. The minimum atomic E-state index is -4.80. The average molecular weight is 513 g/mol. The number of anilines is 1. The SMILES string of the molecule is COc1cnc2[nH]cc(C(O)c3c(F)ccc(NS(=O)(=O)c4cccc(C(F)(F)F)c4)c3F)c2c1. The molecule has 3 N–H and O–H groups in total. The molecular weight excluding hydrogens is 497 g/mol. The van der Waals surface area contributed by atoms with Crippen LogP contribution in [0.4, 0.5) is 27.6 Å². The standard InChI is InChI=1S/C22H16F5N3O4S/c1-34-12-8-14-15(10-29-21(14)28-9-12)20(31)18-16(23)5-6-17(19(18)24)30-35(32,33)13-4-2-3-11(7-13)22(25,26)27/h2-10,20,30-31H,1H3,(H,28,29). The van der Waals surface area contributed by atoms with Crippen LogP contribution in [-0.4, -0.2) is 30.6 Å². The molecule has 2 heterocycles. The molecule has 0 aliphatic carbocycles. The molecule has 4 rings (SSSR count). The number of aromatic amines is 1. The summed E-state index contributed by atoms with van der Waals surface area (Å²) in [4.78, 5) is 6.03. The molecule has 0 aliphatic heterocycles. The fourth-order valence-corrected chi connectivity index (χ4v) is 4.54. The summed E-state index contributed by atoms with van der Waals surface area (Å²) in [6.45, 7) is 0. The Kier molecular flexibility index (Phi) is 6.15. The van der Waals surface area contributed by atoms with E-state index in [9.17, 15) is 31.1 Å². The Morgan fingerprint density at radius 2 is 1.89 bits per heavy atom. The number of sulfonamides is 1. The van der Waals surface area contributed by atoms with Crippen molar-refractivity contribution in [3.8, 4) is 5.75 Å². The predicted octanol–water partition coefficient (Wildman–Crippen LogP) is 4.75. The third kappa shape index (κ3) is 4.64. The van der Waals surface area contributed by atoms with Crippen molar-refractivity contribution in [2.45, 2.75) is 17.2 Å². The summed E-state index contributed by atoms with van der Waals surface area (Å²) < 4.78 is 101. The third-order valence-electron chi connectivity index (χ3n) is 5.18. The Bertz CT molecular complexity index is 1520. The molecule has 1 unspecified atom stereocenters. The average Bonchev–Trinajstić information content (AvgIpc) is 3.23. The van der Waals surface area contributed by atoms with E-state index < -0.39 is 55.6 Å². The van der Waals surface area contributed by atoms with Crippen molar-refractivity contribution in [3.05, 3.63) is 83.2 Å². The van der Waals surface area contributed by atoms with Gasteiger partial charge in [0.05, 0.1) is 35.0 Å². The Morgan fingerprint density at radius 1 is 1.14 bits per heavy atom. The van der Waals surface area contributed by atoms with E-state index in [4.69, 9.17) is 4.74 Å². The smallest absolute Gasteiger partial charge is 0.416 e. The van der Waals surface area contributed by atoms with Gasteiger partial charge in [-0.05, 0) is 36.4 Å². The lowest BCUT2D eigenvalue weighted by Crippen LogP contribution is -2.17. The van der Waals surface area contributed by atoms with Gasteiger partial charge in [-0.2, -0.15) is 13.2 Å². The number of fused-ring (bicyclic) bond motifs is 1. The molecule has 13 heteroatoms. The number of methoxy groups -OCH3 is 1. The molecule has 184 valence electrons. The minimum Gasteiger partial charge on any atom is -0.495 e. The Labute approximate surface area is 195 Å². The zero-order chi connectivity index (χ0) is 25.5. The van der Waals surface area contributed by atoms with Crippen LogP contribution in [0.25, 0.3) is 11.0 Å². The second-order valence-corrected chi connectivity index (χ2v) is 9.05. The second-order valence-electron chi connectivity index (χ2n) is 7.37. The number of halogens is 5. The first kappa shape index (κ1) is 24.4. The monoisotopic (exact) mass is 513 g/mol. The zero-order valence-corrected chi connectivity index (χ0v) is 18.5. The highest BCUT2D eigenvalue weighted by Crippen LogP contribution is 2.36. The topological polar surface area (TPSA) is 104 Å². The Hall–Kier alpha value is -3.71. The van der Waals surface area contributed by atoms with E-state index in [1.54, 1.807) is 0 Å². The number of aromatic nitrogens is 2. The molecule has 2 aromatic heterocycles. The molecule has 1 atom stereocenters. The number of nitrogens with one attached hydrogen (secondary N) is 2. The lowest BCUT2D eigenvalue weighted by atomic mass is 10.00. The number of aliphatic hydroxyl groups excluding tert-OH is 1. The van der Waals surface area contributed by atoms with Gasteiger partial charge in [-0.25, -0.2) is 22.2 Å². The van der Waals surface area contributed by atoms with E-state index in [0.29, 0.717) is 28.9 Å². The number of hydrogen-bond donors (Lipinski definition) is 3. The summed E-state index contributed by atoms with van der Waals surface area (Å²) in [7, 11) is -3.32. The molecule has 7 nitrogen and oxygen atoms in total. The summed E-state index contributed by atoms with van der Waals surface area (Å²) in [5.74, 6) is -2.31. The maximum atomic E-state index is 15.3. The number of hydrogen-bond acceptors (Lipinski definition) is 5. The van der Waals surface area contributed by atoms with E-state index in [-0.39, 0.29) is 5.56 Å². The number of pyridine rings is 1. The van der Waals surface area contributed by atoms with Gasteiger partial charge in [0, 0.05) is 17.1 Å². The van der Waals surface area contributed by atoms with E-state index in [1.807, 2.05) is 4.72 Å². The summed E-state index contributed by atoms with van der Waals surface area (Å²) >= 11 is 0. The molecule has 0 saturated carbocycles. The van der Waals surface area contributed by atoms with Crippen molar-refractivity contribution in [1.29, 1.82) is 0 Å². The number of H-pyrrole nitrogens is 1. The minimum absolute atomic E-state index is 0.0297. The van der Waals surface area contributed by atoms with Crippen LogP contribution < -0.4 is 9.46 Å². The highest BCUT2D eigenvalue weighted by Gasteiger charge is 2.32. The van der Waals surface area contributed by atoms with Gasteiger partial charge >= 0.3 is 6.18 Å². The largest absolute Gasteiger partial charge is 0.495 e. The predicted molar refractivity (Wildman–Crippen MR) is 115 cm³/mol. The van der Waals surface area contributed by atoms with E-state index in [0.717, 1.165) is 24.3 Å². The van der Waals surface area contributed by atoms with Gasteiger partial charge in [0.2, 0.25) is 0 Å². The first-order valence-corrected chi connectivity index (χ1v) is 11.3. The van der Waals surface area contributed by atoms with Crippen LogP contribution in [0.5, 0.6) is 5.75 Å². The number of alkyl halides is 3. The highest BCUT2D eigenvalue weighted by molar-refractivity contribution is 7.92. The molecule has 0 saturated heterocycles. The number of aliphatic hydroxyl groups is 1. The molecule has 0 aliphatic rings. The van der Waals surface area contributed by atoms with Crippen LogP contribution in [0.2, 0.25) is 0 Å². The third-order valence-corrected chi connectivity index (χ3v) is 6.55. The van der Waals surface area contributed by atoms with E-state index in [2.05, 4.69) is 9.97 Å². The van der Waals surface area contributed by atoms with E-state index >= 15 is 4.39 Å². The second kappa shape index (κ2) is 8.82. The van der Waals surface area contributed by atoms with Crippen LogP contribution in [0.3, 0.4) is 0 Å². The molecule has 0 fully saturated rings. The van der Waals surface area contributed by atoms with Gasteiger partial charge in [0.1, 0.15) is 23.3 Å². The van der Waals surface area contributed by atoms with Crippen molar-refractivity contribution in [3.63, 3.8) is 0 Å². The van der Waals surface area contributed by atoms with Crippen molar-refractivity contribution < 1.29 is 40.2 Å². The van der Waals surface area contributed by atoms with Gasteiger partial charge < -0.3 is 14.8 Å². The Morgan fingerprint density at radius 3 is 2.57 bits per heavy atom. The lowest BCUT2D eigenvalue weighted by molar-refractivity contribution is -0.137. The fourth-order valence-electron chi connectivity index (χ4n) is 3.44. The van der Waals surface area contributed by atoms with Gasteiger partial charge in [0.25, 0.3) is 10.0 Å². The summed E-state index contributed by atoms with van der Waals surface area (Å²) in [6, 6.07) is 5.79. The first-order valence-electron chi connectivity index (χ1n) is 9.79. The summed E-state index contributed by atoms with van der Waals surface area (Å²) in [6.07, 6.45) is -4.03. The van der Waals surface area contributed by atoms with Crippen molar-refractivity contribution in [1.82, 2.24) is 9.97 Å². The van der Waals surface area contributed by atoms with Crippen molar-refractivity contribution >= 4 is 26.7 Å². The molecule has 0 radical (unpaired) electrons. The highest BCUT2D eigenvalue weighted by atomic mass is 32.2. The number of benzene rings is 2. The van der Waals surface area contributed by atoms with Crippen LogP contribution in [0, 0.1) is 11.6 Å². The van der Waals surface area contributed by atoms with Gasteiger partial charge in [0.15, 0.2) is 5.82 Å². The van der Waals surface area contributed by atoms with E-state index in [1.165, 1.54) is 25.6 Å². The van der Waals surface area contributed by atoms with Gasteiger partial charge in [-0.1, -0.05) is 6.07 Å². The normalized spacial score (nSPS) is 13.1. The fraction of sp³-hybridized carbons (Fsp3) is 0.136. The molecule has 2 aromatic carbocycles. The van der Waals surface area contributed by atoms with Crippen LogP contribution in [0.1, 0.15) is 22.8 Å². The molecule has 0 amide bonds. The number of ether oxygens (including phenoxy) is 1. The molecule has 0 bridgehead atoms. The van der Waals surface area contributed by atoms with Crippen LogP contribution >= 0.6 is 0 Å². The summed E-state index contributed by atoms with van der Waals surface area (Å²) in [5.41, 5.74) is -2.55. The maximum absolute atomic E-state index is 15.3. The Balaban J connectivity index is 1.74. The number of nitrogens with zero attached hydrogens (tertiary/aromatic N) is 1. The van der Waals surface area contributed by atoms with Crippen molar-refractivity contribution in [2.24, 2.45) is 0 Å². The quantitative estimate of drug-likeness (QED) is 0.323. The zero-order valence-electron chi connectivity index (χ0n) is 17.7. The molecular formula is C22H16F5N3O4S. The molecule has 0 spiro atoms. The lowest BCUT2D eigenvalue weighted by Gasteiger charge is -2.16. The van der Waals surface area contributed by atoms with Crippen LogP contribution in [0.15, 0.2) is 59.8 Å². The molecule has 35 heavy (non-hydrogen) atoms. The molecule has 4 aromatic rings.